The molecule has 4 nitrogen and oxygen atoms in total. The lowest BCUT2D eigenvalue weighted by Gasteiger charge is -2.09. The van der Waals surface area contributed by atoms with Crippen LogP contribution in [0.5, 0.6) is 0 Å². The van der Waals surface area contributed by atoms with Crippen molar-refractivity contribution in [1.82, 2.24) is 15.3 Å². The number of aromatic nitrogens is 2. The van der Waals surface area contributed by atoms with E-state index >= 15 is 0 Å². The van der Waals surface area contributed by atoms with Gasteiger partial charge in [0, 0.05) is 33.4 Å². The summed E-state index contributed by atoms with van der Waals surface area (Å²) < 4.78 is 0. The van der Waals surface area contributed by atoms with Crippen molar-refractivity contribution in [1.29, 1.82) is 0 Å². The van der Waals surface area contributed by atoms with Crippen molar-refractivity contribution < 1.29 is 4.79 Å². The Morgan fingerprint density at radius 1 is 0.900 bits per heavy atom. The molecule has 2 heterocycles. The average Bonchev–Trinajstić information content (AvgIpc) is 3.16. The third-order valence-electron chi connectivity index (χ3n) is 5.12. The number of carbonyl (C=O) groups excluding carboxylic acids is 1. The molecule has 0 aliphatic carbocycles. The largest absolute Gasteiger partial charge is 0.353 e. The van der Waals surface area contributed by atoms with Gasteiger partial charge in [-0.05, 0) is 29.8 Å². The number of carbonyl (C=O) groups is 1. The minimum atomic E-state index is -0.223. The summed E-state index contributed by atoms with van der Waals surface area (Å²) >= 11 is 6.05. The molecule has 2 N–H and O–H groups in total. The fraction of sp³-hybridized carbons (Fsp3) is 0.0400. The number of nitrogens with zero attached hydrogens (tertiary/aromatic N) is 1. The van der Waals surface area contributed by atoms with Crippen molar-refractivity contribution in [2.45, 2.75) is 6.54 Å². The van der Waals surface area contributed by atoms with Gasteiger partial charge in [-0.2, -0.15) is 0 Å². The highest BCUT2D eigenvalue weighted by molar-refractivity contribution is 6.30. The lowest BCUT2D eigenvalue weighted by Crippen LogP contribution is -2.24. The first-order valence-electron chi connectivity index (χ1n) is 9.68. The third kappa shape index (κ3) is 3.42. The first-order valence-corrected chi connectivity index (χ1v) is 10.1. The molecule has 0 aliphatic rings. The Balaban J connectivity index is 1.59. The van der Waals surface area contributed by atoms with E-state index in [4.69, 9.17) is 16.6 Å². The number of hydrogen-bond donors (Lipinski definition) is 2. The molecule has 0 unspecified atom stereocenters. The van der Waals surface area contributed by atoms with Gasteiger partial charge in [-0.15, -0.1) is 0 Å². The third-order valence-corrected chi connectivity index (χ3v) is 5.35. The average molecular weight is 412 g/mol. The zero-order valence-corrected chi connectivity index (χ0v) is 16.8. The number of benzene rings is 3. The van der Waals surface area contributed by atoms with Crippen LogP contribution in [0.4, 0.5) is 0 Å². The molecule has 30 heavy (non-hydrogen) atoms. The minimum Gasteiger partial charge on any atom is -0.353 e. The molecule has 0 saturated carbocycles. The van der Waals surface area contributed by atoms with Gasteiger partial charge in [0.1, 0.15) is 5.69 Å². The molecule has 0 atom stereocenters. The highest BCUT2D eigenvalue weighted by atomic mass is 35.5. The van der Waals surface area contributed by atoms with E-state index in [2.05, 4.69) is 16.4 Å². The summed E-state index contributed by atoms with van der Waals surface area (Å²) in [5, 5.41) is 5.65. The van der Waals surface area contributed by atoms with Crippen LogP contribution in [0.2, 0.25) is 5.02 Å². The highest BCUT2D eigenvalue weighted by Crippen LogP contribution is 2.32. The molecule has 0 spiro atoms. The Bertz CT molecular complexity index is 1380. The molecule has 0 aliphatic heterocycles. The normalized spacial score (nSPS) is 11.1. The van der Waals surface area contributed by atoms with E-state index in [0.29, 0.717) is 17.3 Å². The van der Waals surface area contributed by atoms with E-state index in [0.717, 1.165) is 38.6 Å². The van der Waals surface area contributed by atoms with Crippen molar-refractivity contribution in [3.8, 4) is 11.3 Å². The summed E-state index contributed by atoms with van der Waals surface area (Å²) in [4.78, 5) is 21.2. The Hall–Kier alpha value is -3.63. The fourth-order valence-electron chi connectivity index (χ4n) is 3.69. The molecule has 5 rings (SSSR count). The van der Waals surface area contributed by atoms with Gasteiger partial charge >= 0.3 is 0 Å². The van der Waals surface area contributed by atoms with Gasteiger partial charge in [0.15, 0.2) is 0 Å². The number of amides is 1. The number of H-pyrrole nitrogens is 1. The minimum absolute atomic E-state index is 0.223. The van der Waals surface area contributed by atoms with Crippen molar-refractivity contribution in [3.63, 3.8) is 0 Å². The van der Waals surface area contributed by atoms with Crippen LogP contribution >= 0.6 is 11.6 Å². The van der Waals surface area contributed by atoms with Crippen LogP contribution < -0.4 is 5.32 Å². The van der Waals surface area contributed by atoms with Gasteiger partial charge in [-0.3, -0.25) is 4.79 Å². The van der Waals surface area contributed by atoms with E-state index in [1.54, 1.807) is 0 Å². The maximum Gasteiger partial charge on any atom is 0.270 e. The molecule has 0 fully saturated rings. The number of pyridine rings is 1. The van der Waals surface area contributed by atoms with Gasteiger partial charge in [0.2, 0.25) is 0 Å². The Labute approximate surface area is 178 Å². The molecule has 3 aromatic carbocycles. The fourth-order valence-corrected chi connectivity index (χ4v) is 3.90. The quantitative estimate of drug-likeness (QED) is 0.383. The van der Waals surface area contributed by atoms with E-state index in [9.17, 15) is 4.79 Å². The predicted molar refractivity (Wildman–Crippen MR) is 122 cm³/mol. The van der Waals surface area contributed by atoms with Crippen molar-refractivity contribution in [3.05, 3.63) is 101 Å². The van der Waals surface area contributed by atoms with Crippen LogP contribution in [0.1, 0.15) is 16.1 Å². The smallest absolute Gasteiger partial charge is 0.270 e. The van der Waals surface area contributed by atoms with Crippen LogP contribution in [0.3, 0.4) is 0 Å². The standard InChI is InChI=1S/C25H18ClN3O/c26-18-10-6-7-16(13-18)15-27-25(30)22-14-20-19-11-4-5-12-21(19)28-24(20)23(29-22)17-8-2-1-3-9-17/h1-14,28H,15H2,(H,27,30). The van der Waals surface area contributed by atoms with Crippen LogP contribution in [0.15, 0.2) is 84.9 Å². The summed E-state index contributed by atoms with van der Waals surface area (Å²) in [5.74, 6) is -0.223. The number of hydrogen-bond acceptors (Lipinski definition) is 2. The van der Waals surface area contributed by atoms with Crippen molar-refractivity contribution in [2.24, 2.45) is 0 Å². The van der Waals surface area contributed by atoms with Crippen LogP contribution in [0.25, 0.3) is 33.1 Å². The molecule has 0 bridgehead atoms. The maximum atomic E-state index is 13.0. The lowest BCUT2D eigenvalue weighted by molar-refractivity contribution is 0.0946. The first-order chi connectivity index (χ1) is 14.7. The number of halogens is 1. The Kier molecular flexibility index (Phi) is 4.69. The topological polar surface area (TPSA) is 57.8 Å². The second-order valence-corrected chi connectivity index (χ2v) is 7.56. The van der Waals surface area contributed by atoms with E-state index in [1.165, 1.54) is 0 Å². The molecular formula is C25H18ClN3O. The molecule has 146 valence electrons. The number of nitrogens with one attached hydrogen (secondary N) is 2. The van der Waals surface area contributed by atoms with Gasteiger partial charge in [0.05, 0.1) is 11.2 Å². The monoisotopic (exact) mass is 411 g/mol. The second kappa shape index (κ2) is 7.65. The molecule has 5 aromatic rings. The zero-order valence-electron chi connectivity index (χ0n) is 16.0. The lowest BCUT2D eigenvalue weighted by atomic mass is 10.1. The number of fused-ring (bicyclic) bond motifs is 3. The zero-order chi connectivity index (χ0) is 20.5. The van der Waals surface area contributed by atoms with Crippen molar-refractivity contribution in [2.75, 3.05) is 0 Å². The van der Waals surface area contributed by atoms with E-state index < -0.39 is 0 Å². The molecule has 2 aromatic heterocycles. The number of para-hydroxylation sites is 1. The summed E-state index contributed by atoms with van der Waals surface area (Å²) in [6.07, 6.45) is 0. The molecule has 5 heteroatoms. The first kappa shape index (κ1) is 18.4. The SMILES string of the molecule is O=C(NCc1cccc(Cl)c1)c1cc2c([nH]c3ccccc32)c(-c2ccccc2)n1. The van der Waals surface area contributed by atoms with Gasteiger partial charge < -0.3 is 10.3 Å². The predicted octanol–water partition coefficient (Wildman–Crippen LogP) is 5.97. The van der Waals surface area contributed by atoms with Crippen molar-refractivity contribution >= 4 is 39.3 Å². The van der Waals surface area contributed by atoms with E-state index in [1.807, 2.05) is 78.9 Å². The number of rotatable bonds is 4. The molecular weight excluding hydrogens is 394 g/mol. The van der Waals surface area contributed by atoms with Crippen LogP contribution in [0, 0.1) is 0 Å². The summed E-state index contributed by atoms with van der Waals surface area (Å²) in [6, 6.07) is 27.3. The maximum absolute atomic E-state index is 13.0. The van der Waals surface area contributed by atoms with Gasteiger partial charge in [-0.25, -0.2) is 4.98 Å². The Morgan fingerprint density at radius 3 is 2.53 bits per heavy atom. The van der Waals surface area contributed by atoms with Gasteiger partial charge in [0.25, 0.3) is 5.91 Å². The molecule has 0 saturated heterocycles. The highest BCUT2D eigenvalue weighted by Gasteiger charge is 2.16. The van der Waals surface area contributed by atoms with Gasteiger partial charge in [-0.1, -0.05) is 72.3 Å². The number of aromatic amines is 1. The second-order valence-electron chi connectivity index (χ2n) is 7.13. The molecule has 1 amide bonds. The molecule has 0 radical (unpaired) electrons. The Morgan fingerprint density at radius 2 is 1.70 bits per heavy atom. The summed E-state index contributed by atoms with van der Waals surface area (Å²) in [7, 11) is 0. The summed E-state index contributed by atoms with van der Waals surface area (Å²) in [5.41, 5.74) is 4.98. The van der Waals surface area contributed by atoms with E-state index in [-0.39, 0.29) is 5.91 Å². The summed E-state index contributed by atoms with van der Waals surface area (Å²) in [6.45, 7) is 0.383. The van der Waals surface area contributed by atoms with Crippen LogP contribution in [-0.4, -0.2) is 15.9 Å². The van der Waals surface area contributed by atoms with Crippen LogP contribution in [-0.2, 0) is 6.54 Å².